The molecular weight excluding hydrogens is 348 g/mol. The summed E-state index contributed by atoms with van der Waals surface area (Å²) in [6, 6.07) is 2.13. The molecule has 1 amide bonds. The third-order valence-electron chi connectivity index (χ3n) is 5.83. The van der Waals surface area contributed by atoms with Crippen LogP contribution < -0.4 is 10.2 Å². The molecule has 5 rings (SSSR count). The van der Waals surface area contributed by atoms with Gasteiger partial charge in [-0.2, -0.15) is 11.8 Å². The second-order valence-corrected chi connectivity index (χ2v) is 8.83. The number of carbonyl (C=O) groups excluding carboxylic acids is 1. The monoisotopic (exact) mass is 372 g/mol. The average Bonchev–Trinajstić information content (AvgIpc) is 3.24. The summed E-state index contributed by atoms with van der Waals surface area (Å²) in [5.41, 5.74) is 2.31. The minimum Gasteiger partial charge on any atom is -0.460 e. The van der Waals surface area contributed by atoms with Gasteiger partial charge in [-0.25, -0.2) is 4.98 Å². The van der Waals surface area contributed by atoms with E-state index in [1.807, 2.05) is 17.8 Å². The molecule has 138 valence electrons. The molecule has 0 spiro atoms. The van der Waals surface area contributed by atoms with Gasteiger partial charge in [-0.3, -0.25) is 4.79 Å². The van der Waals surface area contributed by atoms with Gasteiger partial charge in [0, 0.05) is 49.1 Å². The van der Waals surface area contributed by atoms with Crippen LogP contribution in [0.2, 0.25) is 0 Å². The second-order valence-electron chi connectivity index (χ2n) is 7.61. The molecule has 3 atom stereocenters. The van der Waals surface area contributed by atoms with Crippen molar-refractivity contribution in [2.45, 2.75) is 18.9 Å². The third kappa shape index (κ3) is 3.07. The molecule has 3 saturated heterocycles. The highest BCUT2D eigenvalue weighted by molar-refractivity contribution is 7.99. The van der Waals surface area contributed by atoms with Crippen LogP contribution in [0.5, 0.6) is 0 Å². The number of furan rings is 1. The number of anilines is 1. The molecule has 26 heavy (non-hydrogen) atoms. The average molecular weight is 372 g/mol. The number of nitrogens with one attached hydrogen (secondary N) is 1. The van der Waals surface area contributed by atoms with Gasteiger partial charge in [-0.1, -0.05) is 0 Å². The van der Waals surface area contributed by atoms with Gasteiger partial charge in [0.25, 0.3) is 5.91 Å². The quantitative estimate of drug-likeness (QED) is 0.891. The Hall–Kier alpha value is -1.73. The molecule has 3 fully saturated rings. The predicted molar refractivity (Wildman–Crippen MR) is 104 cm³/mol. The first-order chi connectivity index (χ1) is 12.8. The summed E-state index contributed by atoms with van der Waals surface area (Å²) < 4.78 is 5.67. The molecule has 7 heteroatoms. The van der Waals surface area contributed by atoms with E-state index < -0.39 is 0 Å². The van der Waals surface area contributed by atoms with E-state index in [0.717, 1.165) is 60.1 Å². The summed E-state index contributed by atoms with van der Waals surface area (Å²) in [5, 5.41) is 4.19. The maximum Gasteiger partial charge on any atom is 0.270 e. The number of pyridine rings is 1. The summed E-state index contributed by atoms with van der Waals surface area (Å²) in [4.78, 5) is 21.9. The number of fused-ring (bicyclic) bond motifs is 3. The number of rotatable bonds is 3. The molecule has 5 heterocycles. The van der Waals surface area contributed by atoms with Crippen molar-refractivity contribution in [1.82, 2.24) is 15.2 Å². The maximum absolute atomic E-state index is 12.8. The molecule has 0 radical (unpaired) electrons. The van der Waals surface area contributed by atoms with Gasteiger partial charge in [0.05, 0.1) is 11.9 Å². The Bertz CT molecular complexity index is 805. The fourth-order valence-corrected chi connectivity index (χ4v) is 5.42. The lowest BCUT2D eigenvalue weighted by atomic mass is 9.97. The lowest BCUT2D eigenvalue weighted by molar-refractivity contribution is 0.0904. The largest absolute Gasteiger partial charge is 0.460 e. The van der Waals surface area contributed by atoms with Gasteiger partial charge >= 0.3 is 0 Å². The molecule has 2 aromatic rings. The Kier molecular flexibility index (Phi) is 4.29. The Labute approximate surface area is 157 Å². The van der Waals surface area contributed by atoms with Crippen molar-refractivity contribution in [3.05, 3.63) is 24.2 Å². The molecule has 3 aliphatic rings. The summed E-state index contributed by atoms with van der Waals surface area (Å²) in [5.74, 6) is 2.93. The number of amides is 1. The first kappa shape index (κ1) is 16.4. The van der Waals surface area contributed by atoms with Crippen molar-refractivity contribution in [1.29, 1.82) is 0 Å². The number of aromatic nitrogens is 1. The van der Waals surface area contributed by atoms with Crippen molar-refractivity contribution in [3.63, 3.8) is 0 Å². The number of carbonyl (C=O) groups is 1. The van der Waals surface area contributed by atoms with E-state index in [1.165, 1.54) is 19.5 Å². The lowest BCUT2D eigenvalue weighted by Gasteiger charge is -2.30. The highest BCUT2D eigenvalue weighted by Crippen LogP contribution is 2.31. The SMILES string of the molecule is O=C(N[C@@H]1C[C@@H]2CCN(C2)C1)c1cc2c(N3CCSCC3)coc2cn1. The van der Waals surface area contributed by atoms with Crippen molar-refractivity contribution in [2.75, 3.05) is 49.1 Å². The molecule has 0 saturated carbocycles. The summed E-state index contributed by atoms with van der Waals surface area (Å²) in [7, 11) is 0. The molecule has 3 aliphatic heterocycles. The number of piperidine rings is 1. The molecule has 6 nitrogen and oxygen atoms in total. The van der Waals surface area contributed by atoms with Crippen LogP contribution in [0.4, 0.5) is 5.69 Å². The maximum atomic E-state index is 12.8. The number of nitrogens with zero attached hydrogens (tertiary/aromatic N) is 3. The fraction of sp³-hybridized carbons (Fsp3) is 0.579. The topological polar surface area (TPSA) is 61.6 Å². The standard InChI is InChI=1S/C19H24N4O2S/c24-19(21-14-7-13-1-2-22(10-13)11-14)16-8-15-17(12-25-18(15)9-20-16)23-3-5-26-6-4-23/h8-9,12-14H,1-7,10-11H2,(H,21,24)/t13-,14+/m0/s1. The van der Waals surface area contributed by atoms with E-state index in [4.69, 9.17) is 4.42 Å². The minimum absolute atomic E-state index is 0.0688. The zero-order valence-corrected chi connectivity index (χ0v) is 15.6. The van der Waals surface area contributed by atoms with Crippen molar-refractivity contribution < 1.29 is 9.21 Å². The van der Waals surface area contributed by atoms with Gasteiger partial charge < -0.3 is 19.5 Å². The number of hydrogen-bond acceptors (Lipinski definition) is 6. The molecule has 0 aliphatic carbocycles. The molecule has 1 unspecified atom stereocenters. The fourth-order valence-electron chi connectivity index (χ4n) is 4.52. The molecular formula is C19H24N4O2S. The zero-order chi connectivity index (χ0) is 17.5. The zero-order valence-electron chi connectivity index (χ0n) is 14.8. The summed E-state index contributed by atoms with van der Waals surface area (Å²) >= 11 is 1.98. The van der Waals surface area contributed by atoms with Crippen molar-refractivity contribution in [3.8, 4) is 0 Å². The predicted octanol–water partition coefficient (Wildman–Crippen LogP) is 2.20. The number of thioether (sulfide) groups is 1. The number of hydrogen-bond donors (Lipinski definition) is 1. The van der Waals surface area contributed by atoms with Crippen LogP contribution in [0.3, 0.4) is 0 Å². The Morgan fingerprint density at radius 1 is 1.27 bits per heavy atom. The second kappa shape index (κ2) is 6.78. The van der Waals surface area contributed by atoms with Crippen molar-refractivity contribution >= 4 is 34.3 Å². The van der Waals surface area contributed by atoms with E-state index in [9.17, 15) is 4.79 Å². The van der Waals surface area contributed by atoms with Crippen LogP contribution in [0.15, 0.2) is 22.9 Å². The highest BCUT2D eigenvalue weighted by Gasteiger charge is 2.33. The van der Waals surface area contributed by atoms with E-state index in [2.05, 4.69) is 20.1 Å². The first-order valence-electron chi connectivity index (χ1n) is 9.49. The molecule has 2 bridgehead atoms. The van der Waals surface area contributed by atoms with E-state index >= 15 is 0 Å². The van der Waals surface area contributed by atoms with Gasteiger partial charge in [0.2, 0.25) is 0 Å². The molecule has 2 aromatic heterocycles. The Balaban J connectivity index is 1.35. The van der Waals surface area contributed by atoms with Crippen LogP contribution >= 0.6 is 11.8 Å². The minimum atomic E-state index is -0.0688. The first-order valence-corrected chi connectivity index (χ1v) is 10.6. The Morgan fingerprint density at radius 2 is 2.15 bits per heavy atom. The molecule has 0 aromatic carbocycles. The van der Waals surface area contributed by atoms with E-state index in [-0.39, 0.29) is 11.9 Å². The van der Waals surface area contributed by atoms with Crippen LogP contribution in [0.25, 0.3) is 11.0 Å². The lowest BCUT2D eigenvalue weighted by Crippen LogP contribution is -2.47. The third-order valence-corrected chi connectivity index (χ3v) is 6.77. The summed E-state index contributed by atoms with van der Waals surface area (Å²) in [6.45, 7) is 5.37. The normalized spacial score (nSPS) is 28.5. The molecule has 1 N–H and O–H groups in total. The van der Waals surface area contributed by atoms with Gasteiger partial charge in [0.1, 0.15) is 12.0 Å². The van der Waals surface area contributed by atoms with Gasteiger partial charge in [0.15, 0.2) is 5.58 Å². The van der Waals surface area contributed by atoms with Gasteiger partial charge in [-0.05, 0) is 31.4 Å². The highest BCUT2D eigenvalue weighted by atomic mass is 32.2. The van der Waals surface area contributed by atoms with Crippen molar-refractivity contribution in [2.24, 2.45) is 5.92 Å². The van der Waals surface area contributed by atoms with E-state index in [0.29, 0.717) is 5.69 Å². The summed E-state index contributed by atoms with van der Waals surface area (Å²) in [6.07, 6.45) is 5.84. The van der Waals surface area contributed by atoms with Crippen LogP contribution in [-0.2, 0) is 0 Å². The van der Waals surface area contributed by atoms with E-state index in [1.54, 1.807) is 12.5 Å². The van der Waals surface area contributed by atoms with Crippen LogP contribution in [-0.4, -0.2) is 66.1 Å². The van der Waals surface area contributed by atoms with Crippen LogP contribution in [0.1, 0.15) is 23.3 Å². The van der Waals surface area contributed by atoms with Crippen LogP contribution in [0, 0.1) is 5.92 Å². The van der Waals surface area contributed by atoms with Gasteiger partial charge in [-0.15, -0.1) is 0 Å². The Morgan fingerprint density at radius 3 is 3.00 bits per heavy atom. The smallest absolute Gasteiger partial charge is 0.270 e.